The van der Waals surface area contributed by atoms with Gasteiger partial charge in [-0.3, -0.25) is 4.79 Å². The van der Waals surface area contributed by atoms with Crippen LogP contribution in [-0.4, -0.2) is 30.3 Å². The van der Waals surface area contributed by atoms with Crippen LogP contribution in [0.1, 0.15) is 53.4 Å². The van der Waals surface area contributed by atoms with E-state index in [0.29, 0.717) is 17.7 Å². The molecular weight excluding hydrogens is 210 g/mol. The first-order chi connectivity index (χ1) is 7.90. The first kappa shape index (κ1) is 14.7. The molecule has 0 amide bonds. The van der Waals surface area contributed by atoms with Gasteiger partial charge in [-0.25, -0.2) is 0 Å². The molecule has 0 bridgehead atoms. The van der Waals surface area contributed by atoms with Crippen molar-refractivity contribution in [3.63, 3.8) is 0 Å². The van der Waals surface area contributed by atoms with E-state index in [-0.39, 0.29) is 0 Å². The molecule has 1 aliphatic carbocycles. The summed E-state index contributed by atoms with van der Waals surface area (Å²) in [5.74, 6) is 2.24. The van der Waals surface area contributed by atoms with E-state index in [2.05, 4.69) is 39.6 Å². The van der Waals surface area contributed by atoms with Crippen LogP contribution in [-0.2, 0) is 4.79 Å². The highest BCUT2D eigenvalue weighted by molar-refractivity contribution is 5.81. The maximum atomic E-state index is 11.9. The highest BCUT2D eigenvalue weighted by atomic mass is 16.1. The summed E-state index contributed by atoms with van der Waals surface area (Å²) < 4.78 is 0. The first-order valence-corrected chi connectivity index (χ1v) is 7.13. The third-order valence-corrected chi connectivity index (χ3v) is 4.10. The third kappa shape index (κ3) is 4.79. The zero-order valence-corrected chi connectivity index (χ0v) is 12.2. The average molecular weight is 239 g/mol. The summed E-state index contributed by atoms with van der Waals surface area (Å²) in [6.45, 7) is 10.0. The van der Waals surface area contributed by atoms with Crippen LogP contribution in [0.25, 0.3) is 0 Å². The highest BCUT2D eigenvalue weighted by Crippen LogP contribution is 2.27. The minimum atomic E-state index is 0.290. The molecule has 0 radical (unpaired) electrons. The van der Waals surface area contributed by atoms with Crippen LogP contribution in [0.3, 0.4) is 0 Å². The molecule has 0 aromatic rings. The van der Waals surface area contributed by atoms with Gasteiger partial charge in [0.1, 0.15) is 5.78 Å². The van der Waals surface area contributed by atoms with Crippen molar-refractivity contribution in [1.29, 1.82) is 0 Å². The number of hydrogen-bond acceptors (Lipinski definition) is 2. The Morgan fingerprint density at radius 2 is 2.00 bits per heavy atom. The van der Waals surface area contributed by atoms with E-state index in [4.69, 9.17) is 0 Å². The number of rotatable bonds is 5. The summed E-state index contributed by atoms with van der Waals surface area (Å²) in [5, 5.41) is 0. The first-order valence-electron chi connectivity index (χ1n) is 7.13. The molecule has 17 heavy (non-hydrogen) atoms. The largest absolute Gasteiger partial charge is 0.303 e. The molecule has 0 aromatic heterocycles. The van der Waals surface area contributed by atoms with E-state index in [1.165, 1.54) is 6.42 Å². The molecule has 2 nitrogen and oxygen atoms in total. The van der Waals surface area contributed by atoms with E-state index in [0.717, 1.165) is 37.6 Å². The molecule has 100 valence electrons. The van der Waals surface area contributed by atoms with E-state index in [1.54, 1.807) is 0 Å². The lowest BCUT2D eigenvalue weighted by Crippen LogP contribution is -2.39. The van der Waals surface area contributed by atoms with Crippen molar-refractivity contribution in [3.05, 3.63) is 0 Å². The molecule has 0 N–H and O–H groups in total. The number of hydrogen-bond donors (Lipinski definition) is 0. The second-order valence-electron chi connectivity index (χ2n) is 6.46. The fourth-order valence-electron chi connectivity index (χ4n) is 2.89. The summed E-state index contributed by atoms with van der Waals surface area (Å²) in [6.07, 6.45) is 4.21. The Bertz CT molecular complexity index is 249. The Morgan fingerprint density at radius 1 is 1.35 bits per heavy atom. The van der Waals surface area contributed by atoms with Crippen molar-refractivity contribution in [3.8, 4) is 0 Å². The Kier molecular flexibility index (Phi) is 5.64. The molecule has 2 heteroatoms. The van der Waals surface area contributed by atoms with Gasteiger partial charge in [0.2, 0.25) is 0 Å². The summed E-state index contributed by atoms with van der Waals surface area (Å²) in [6, 6.07) is 0.583. The topological polar surface area (TPSA) is 20.3 Å². The van der Waals surface area contributed by atoms with E-state index in [1.807, 2.05) is 0 Å². The molecular formula is C15H29NO. The molecule has 0 aromatic carbocycles. The fourth-order valence-corrected chi connectivity index (χ4v) is 2.89. The number of ketones is 1. The summed E-state index contributed by atoms with van der Waals surface area (Å²) in [7, 11) is 2.17. The Morgan fingerprint density at radius 3 is 2.59 bits per heavy atom. The van der Waals surface area contributed by atoms with Crippen molar-refractivity contribution < 1.29 is 4.79 Å². The molecule has 1 aliphatic rings. The Hall–Kier alpha value is -0.370. The van der Waals surface area contributed by atoms with Gasteiger partial charge in [0, 0.05) is 24.9 Å². The zero-order chi connectivity index (χ0) is 13.0. The average Bonchev–Trinajstić information content (AvgIpc) is 2.22. The maximum absolute atomic E-state index is 11.9. The van der Waals surface area contributed by atoms with Gasteiger partial charge in [0.15, 0.2) is 0 Å². The lowest BCUT2D eigenvalue weighted by Gasteiger charge is -2.32. The minimum Gasteiger partial charge on any atom is -0.303 e. The number of nitrogens with zero attached hydrogens (tertiary/aromatic N) is 1. The van der Waals surface area contributed by atoms with Crippen LogP contribution in [0.5, 0.6) is 0 Å². The summed E-state index contributed by atoms with van der Waals surface area (Å²) in [4.78, 5) is 14.3. The standard InChI is InChI=1S/C15H29NO/c1-11(2)8-13(4)16(5)10-14-9-12(3)6-7-15(14)17/h11-14H,6-10H2,1-5H3. The van der Waals surface area contributed by atoms with Crippen molar-refractivity contribution >= 4 is 5.78 Å². The molecule has 1 saturated carbocycles. The number of carbonyl (C=O) groups excluding carboxylic acids is 1. The number of Topliss-reactive ketones (excluding diaryl/α,β-unsaturated/α-hetero) is 1. The third-order valence-electron chi connectivity index (χ3n) is 4.10. The summed E-state index contributed by atoms with van der Waals surface area (Å²) >= 11 is 0. The molecule has 0 saturated heterocycles. The van der Waals surface area contributed by atoms with Gasteiger partial charge in [0.05, 0.1) is 0 Å². The SMILES string of the molecule is CC(C)CC(C)N(C)CC1CC(C)CCC1=O. The van der Waals surface area contributed by atoms with Gasteiger partial charge in [-0.1, -0.05) is 20.8 Å². The lowest BCUT2D eigenvalue weighted by molar-refractivity contribution is -0.126. The smallest absolute Gasteiger partial charge is 0.137 e. The lowest BCUT2D eigenvalue weighted by atomic mass is 9.81. The molecule has 0 spiro atoms. The predicted molar refractivity (Wildman–Crippen MR) is 73.1 cm³/mol. The molecule has 0 heterocycles. The van der Waals surface area contributed by atoms with E-state index < -0.39 is 0 Å². The van der Waals surface area contributed by atoms with Crippen LogP contribution in [0, 0.1) is 17.8 Å². The maximum Gasteiger partial charge on any atom is 0.137 e. The van der Waals surface area contributed by atoms with Gasteiger partial charge < -0.3 is 4.90 Å². The normalized spacial score (nSPS) is 27.8. The van der Waals surface area contributed by atoms with Gasteiger partial charge in [-0.15, -0.1) is 0 Å². The predicted octanol–water partition coefficient (Wildman–Crippen LogP) is 3.36. The van der Waals surface area contributed by atoms with Crippen LogP contribution >= 0.6 is 0 Å². The molecule has 3 unspecified atom stereocenters. The van der Waals surface area contributed by atoms with Gasteiger partial charge in [-0.2, -0.15) is 0 Å². The monoisotopic (exact) mass is 239 g/mol. The fraction of sp³-hybridized carbons (Fsp3) is 0.933. The minimum absolute atomic E-state index is 0.290. The van der Waals surface area contributed by atoms with Crippen molar-refractivity contribution in [2.75, 3.05) is 13.6 Å². The van der Waals surface area contributed by atoms with Gasteiger partial charge >= 0.3 is 0 Å². The Balaban J connectivity index is 2.43. The summed E-state index contributed by atoms with van der Waals surface area (Å²) in [5.41, 5.74) is 0. The van der Waals surface area contributed by atoms with Gasteiger partial charge in [-0.05, 0) is 45.1 Å². The Labute approximate surface area is 107 Å². The van der Waals surface area contributed by atoms with Crippen LogP contribution in [0.4, 0.5) is 0 Å². The van der Waals surface area contributed by atoms with Crippen molar-refractivity contribution in [2.45, 2.75) is 59.4 Å². The van der Waals surface area contributed by atoms with Gasteiger partial charge in [0.25, 0.3) is 0 Å². The highest BCUT2D eigenvalue weighted by Gasteiger charge is 2.28. The van der Waals surface area contributed by atoms with Crippen molar-refractivity contribution in [1.82, 2.24) is 4.90 Å². The molecule has 3 atom stereocenters. The van der Waals surface area contributed by atoms with Crippen LogP contribution in [0.2, 0.25) is 0 Å². The second kappa shape index (κ2) is 6.53. The molecule has 1 fully saturated rings. The zero-order valence-electron chi connectivity index (χ0n) is 12.2. The van der Waals surface area contributed by atoms with E-state index in [9.17, 15) is 4.79 Å². The number of carbonyl (C=O) groups is 1. The molecule has 1 rings (SSSR count). The van der Waals surface area contributed by atoms with Crippen molar-refractivity contribution in [2.24, 2.45) is 17.8 Å². The van der Waals surface area contributed by atoms with Crippen LogP contribution in [0.15, 0.2) is 0 Å². The quantitative estimate of drug-likeness (QED) is 0.733. The van der Waals surface area contributed by atoms with Crippen LogP contribution < -0.4 is 0 Å². The molecule has 0 aliphatic heterocycles. The second-order valence-corrected chi connectivity index (χ2v) is 6.46. The van der Waals surface area contributed by atoms with E-state index >= 15 is 0 Å².